The first-order valence-electron chi connectivity index (χ1n) is 10.5. The number of rotatable bonds is 4. The highest BCUT2D eigenvalue weighted by molar-refractivity contribution is 7.19. The van der Waals surface area contributed by atoms with Crippen molar-refractivity contribution >= 4 is 39.2 Å². The summed E-state index contributed by atoms with van der Waals surface area (Å²) >= 11 is 1.43. The Kier molecular flexibility index (Phi) is 5.72. The van der Waals surface area contributed by atoms with E-state index in [2.05, 4.69) is 15.6 Å². The third kappa shape index (κ3) is 4.23. The molecular formula is C24H20N4O5S. The molecule has 1 aliphatic rings. The summed E-state index contributed by atoms with van der Waals surface area (Å²) in [5.74, 6) is 0.460. The molecule has 0 saturated heterocycles. The molecule has 3 heterocycles. The van der Waals surface area contributed by atoms with Crippen molar-refractivity contribution in [3.63, 3.8) is 0 Å². The number of amides is 3. The molecule has 1 aliphatic heterocycles. The first kappa shape index (κ1) is 21.7. The summed E-state index contributed by atoms with van der Waals surface area (Å²) in [4.78, 5) is 43.9. The predicted octanol–water partition coefficient (Wildman–Crippen LogP) is 3.55. The summed E-state index contributed by atoms with van der Waals surface area (Å²) in [6, 6.07) is 13.8. The molecule has 5 rings (SSSR count). The van der Waals surface area contributed by atoms with Gasteiger partial charge in [0.05, 0.1) is 11.7 Å². The predicted molar refractivity (Wildman–Crippen MR) is 129 cm³/mol. The Morgan fingerprint density at radius 1 is 1.09 bits per heavy atom. The number of nitrogens with zero attached hydrogens (tertiary/aromatic N) is 2. The zero-order valence-corrected chi connectivity index (χ0v) is 19.0. The number of anilines is 1. The van der Waals surface area contributed by atoms with Gasteiger partial charge >= 0.3 is 6.03 Å². The van der Waals surface area contributed by atoms with E-state index < -0.39 is 11.9 Å². The van der Waals surface area contributed by atoms with E-state index in [-0.39, 0.29) is 12.1 Å². The van der Waals surface area contributed by atoms with Crippen molar-refractivity contribution < 1.29 is 19.1 Å². The normalized spacial score (nSPS) is 12.4. The lowest BCUT2D eigenvalue weighted by Crippen LogP contribution is -2.38. The second kappa shape index (κ2) is 8.99. The molecule has 10 heteroatoms. The smallest absolute Gasteiger partial charge is 0.325 e. The van der Waals surface area contributed by atoms with Crippen LogP contribution in [0.2, 0.25) is 0 Å². The largest absolute Gasteiger partial charge is 0.486 e. The number of fused-ring (bicyclic) bond motifs is 2. The van der Waals surface area contributed by atoms with Gasteiger partial charge in [0.15, 0.2) is 11.5 Å². The average molecular weight is 477 g/mol. The number of aryl methyl sites for hydroxylation is 1. The number of carbonyl (C=O) groups excluding carboxylic acids is 2. The molecule has 34 heavy (non-hydrogen) atoms. The van der Waals surface area contributed by atoms with Crippen LogP contribution in [0.25, 0.3) is 21.3 Å². The van der Waals surface area contributed by atoms with Gasteiger partial charge in [0.1, 0.15) is 24.6 Å². The summed E-state index contributed by atoms with van der Waals surface area (Å²) in [6.07, 6.45) is 1.33. The molecule has 9 nitrogen and oxygen atoms in total. The molecule has 4 aromatic rings. The molecule has 0 fully saturated rings. The van der Waals surface area contributed by atoms with Crippen molar-refractivity contribution in [1.29, 1.82) is 0 Å². The Balaban J connectivity index is 1.32. The number of carbonyl (C=O) groups is 2. The van der Waals surface area contributed by atoms with Gasteiger partial charge in [-0.15, -0.1) is 11.3 Å². The third-order valence-electron chi connectivity index (χ3n) is 5.28. The molecular weight excluding hydrogens is 456 g/mol. The fraction of sp³-hybridized carbons (Fsp3) is 0.167. The van der Waals surface area contributed by atoms with Crippen LogP contribution < -0.4 is 25.7 Å². The summed E-state index contributed by atoms with van der Waals surface area (Å²) in [6.45, 7) is 2.48. The van der Waals surface area contributed by atoms with E-state index in [1.807, 2.05) is 37.3 Å². The highest BCUT2D eigenvalue weighted by Gasteiger charge is 2.19. The summed E-state index contributed by atoms with van der Waals surface area (Å²) in [5, 5.41) is 5.28. The molecule has 0 saturated carbocycles. The number of hydrogen-bond donors (Lipinski definition) is 2. The fourth-order valence-corrected chi connectivity index (χ4v) is 4.81. The highest BCUT2D eigenvalue weighted by Crippen LogP contribution is 2.35. The number of benzene rings is 2. The zero-order chi connectivity index (χ0) is 23.7. The minimum atomic E-state index is -0.722. The zero-order valence-electron chi connectivity index (χ0n) is 18.2. The first-order valence-corrected chi connectivity index (χ1v) is 11.4. The van der Waals surface area contributed by atoms with Crippen LogP contribution in [0.5, 0.6) is 11.5 Å². The number of aromatic nitrogens is 2. The van der Waals surface area contributed by atoms with Crippen molar-refractivity contribution in [2.75, 3.05) is 18.5 Å². The van der Waals surface area contributed by atoms with Crippen molar-refractivity contribution in [1.82, 2.24) is 14.9 Å². The lowest BCUT2D eigenvalue weighted by molar-refractivity contribution is -0.120. The van der Waals surface area contributed by atoms with E-state index in [9.17, 15) is 14.4 Å². The fourth-order valence-electron chi connectivity index (χ4n) is 3.81. The Labute approximate surface area is 198 Å². The van der Waals surface area contributed by atoms with Crippen LogP contribution in [-0.4, -0.2) is 34.7 Å². The quantitative estimate of drug-likeness (QED) is 0.466. The maximum Gasteiger partial charge on any atom is 0.325 e. The van der Waals surface area contributed by atoms with Gasteiger partial charge in [-0.05, 0) is 24.6 Å². The van der Waals surface area contributed by atoms with E-state index >= 15 is 0 Å². The molecule has 2 aromatic carbocycles. The summed E-state index contributed by atoms with van der Waals surface area (Å²) < 4.78 is 12.1. The molecule has 3 amide bonds. The lowest BCUT2D eigenvalue weighted by atomic mass is 10.0. The van der Waals surface area contributed by atoms with E-state index in [1.54, 1.807) is 18.2 Å². The van der Waals surface area contributed by atoms with E-state index in [0.717, 1.165) is 16.0 Å². The Hall–Kier alpha value is -4.18. The van der Waals surface area contributed by atoms with Crippen molar-refractivity contribution in [2.24, 2.45) is 0 Å². The standard InChI is InChI=1S/C24H20N4O5S/c1-14-20(15-5-3-2-4-6-15)21-22(34-14)25-13-28(23(21)30)12-19(29)27-24(31)26-16-7-8-17-18(11-16)33-10-9-32-17/h2-8,11,13H,9-10,12H2,1H3,(H2,26,27,29,31). The first-order chi connectivity index (χ1) is 16.5. The van der Waals surface area contributed by atoms with E-state index in [4.69, 9.17) is 9.47 Å². The van der Waals surface area contributed by atoms with Gasteiger partial charge in [0.2, 0.25) is 5.91 Å². The van der Waals surface area contributed by atoms with Crippen LogP contribution in [0, 0.1) is 6.92 Å². The molecule has 0 aliphatic carbocycles. The van der Waals surface area contributed by atoms with Gasteiger partial charge in [-0.25, -0.2) is 9.78 Å². The van der Waals surface area contributed by atoms with E-state index in [1.165, 1.54) is 22.2 Å². The number of ether oxygens (including phenoxy) is 2. The Bertz CT molecular complexity index is 1460. The van der Waals surface area contributed by atoms with Crippen LogP contribution in [-0.2, 0) is 11.3 Å². The van der Waals surface area contributed by atoms with E-state index in [0.29, 0.717) is 40.6 Å². The number of nitrogens with one attached hydrogen (secondary N) is 2. The van der Waals surface area contributed by atoms with Crippen LogP contribution in [0.1, 0.15) is 4.88 Å². The van der Waals surface area contributed by atoms with Gasteiger partial charge in [-0.2, -0.15) is 0 Å². The molecule has 0 unspecified atom stereocenters. The summed E-state index contributed by atoms with van der Waals surface area (Å²) in [7, 11) is 0. The Morgan fingerprint density at radius 2 is 1.85 bits per heavy atom. The second-order valence-corrected chi connectivity index (χ2v) is 8.82. The lowest BCUT2D eigenvalue weighted by Gasteiger charge is -2.19. The van der Waals surface area contributed by atoms with Gasteiger partial charge in [0.25, 0.3) is 5.56 Å². The van der Waals surface area contributed by atoms with Crippen LogP contribution in [0.4, 0.5) is 10.5 Å². The molecule has 0 spiro atoms. The molecule has 0 atom stereocenters. The number of hydrogen-bond acceptors (Lipinski definition) is 7. The van der Waals surface area contributed by atoms with Crippen LogP contribution >= 0.6 is 11.3 Å². The monoisotopic (exact) mass is 476 g/mol. The maximum absolute atomic E-state index is 13.2. The minimum absolute atomic E-state index is 0.337. The molecule has 0 bridgehead atoms. The highest BCUT2D eigenvalue weighted by atomic mass is 32.1. The second-order valence-electron chi connectivity index (χ2n) is 7.62. The van der Waals surface area contributed by atoms with Gasteiger partial charge in [0, 0.05) is 22.2 Å². The molecule has 2 N–H and O–H groups in total. The minimum Gasteiger partial charge on any atom is -0.486 e. The summed E-state index contributed by atoms with van der Waals surface area (Å²) in [5.41, 5.74) is 1.82. The topological polar surface area (TPSA) is 112 Å². The van der Waals surface area contributed by atoms with Gasteiger partial charge in [-0.1, -0.05) is 30.3 Å². The van der Waals surface area contributed by atoms with Crippen molar-refractivity contribution in [2.45, 2.75) is 13.5 Å². The van der Waals surface area contributed by atoms with Crippen molar-refractivity contribution in [3.05, 3.63) is 70.1 Å². The average Bonchev–Trinajstić information content (AvgIpc) is 3.18. The number of imide groups is 1. The Morgan fingerprint density at radius 3 is 2.65 bits per heavy atom. The number of urea groups is 1. The van der Waals surface area contributed by atoms with Crippen LogP contribution in [0.3, 0.4) is 0 Å². The molecule has 2 aromatic heterocycles. The van der Waals surface area contributed by atoms with Gasteiger partial charge < -0.3 is 14.8 Å². The molecule has 0 radical (unpaired) electrons. The van der Waals surface area contributed by atoms with Gasteiger partial charge in [-0.3, -0.25) is 19.5 Å². The van der Waals surface area contributed by atoms with Crippen molar-refractivity contribution in [3.8, 4) is 22.6 Å². The van der Waals surface area contributed by atoms with Crippen LogP contribution in [0.15, 0.2) is 59.7 Å². The molecule has 172 valence electrons. The maximum atomic E-state index is 13.2. The number of thiophene rings is 1. The SMILES string of the molecule is Cc1sc2ncn(CC(=O)NC(=O)Nc3ccc4c(c3)OCCO4)c(=O)c2c1-c1ccccc1. The third-order valence-corrected chi connectivity index (χ3v) is 6.30.